The number of morpholine rings is 1. The van der Waals surface area contributed by atoms with Crippen molar-refractivity contribution in [1.29, 1.82) is 5.26 Å². The van der Waals surface area contributed by atoms with E-state index >= 15 is 0 Å². The number of benzene rings is 1. The molecule has 2 aromatic rings. The molecule has 6 heteroatoms. The van der Waals surface area contributed by atoms with Gasteiger partial charge < -0.3 is 9.75 Å². The zero-order chi connectivity index (χ0) is 14.1. The molecular formula is C14H15ClN4O. The minimum atomic E-state index is -0.225. The van der Waals surface area contributed by atoms with Crippen LogP contribution >= 0.6 is 11.6 Å². The predicted octanol–water partition coefficient (Wildman–Crippen LogP) is 2.18. The van der Waals surface area contributed by atoms with Crippen LogP contribution in [0.25, 0.3) is 11.0 Å². The lowest BCUT2D eigenvalue weighted by Gasteiger charge is -2.31. The van der Waals surface area contributed by atoms with Gasteiger partial charge in [-0.05, 0) is 19.1 Å². The molecule has 1 aliphatic heterocycles. The van der Waals surface area contributed by atoms with Crippen molar-refractivity contribution < 1.29 is 4.74 Å². The van der Waals surface area contributed by atoms with Crippen LogP contribution in [0.5, 0.6) is 0 Å². The third kappa shape index (κ3) is 2.11. The summed E-state index contributed by atoms with van der Waals surface area (Å²) in [6.45, 7) is 4.85. The Balaban J connectivity index is 2.22. The molecule has 0 N–H and O–H groups in total. The van der Waals surface area contributed by atoms with E-state index in [1.807, 2.05) is 23.7 Å². The van der Waals surface area contributed by atoms with Gasteiger partial charge in [-0.3, -0.25) is 0 Å². The summed E-state index contributed by atoms with van der Waals surface area (Å²) in [5, 5.41) is 11.2. The Hall–Kier alpha value is -1.77. The van der Waals surface area contributed by atoms with Gasteiger partial charge >= 0.3 is 0 Å². The summed E-state index contributed by atoms with van der Waals surface area (Å²) < 4.78 is 7.43. The Morgan fingerprint density at radius 1 is 1.40 bits per heavy atom. The summed E-state index contributed by atoms with van der Waals surface area (Å²) in [6.07, 6.45) is 0. The lowest BCUT2D eigenvalue weighted by molar-refractivity contribution is 0.111. The van der Waals surface area contributed by atoms with Crippen molar-refractivity contribution >= 4 is 22.6 Å². The third-order valence-electron chi connectivity index (χ3n) is 3.43. The fourth-order valence-electron chi connectivity index (χ4n) is 2.50. The molecule has 0 aliphatic carbocycles. The molecule has 1 saturated heterocycles. The molecular weight excluding hydrogens is 276 g/mol. The Bertz CT molecular complexity index is 668. The quantitative estimate of drug-likeness (QED) is 0.796. The smallest absolute Gasteiger partial charge is 0.146 e. The van der Waals surface area contributed by atoms with Crippen molar-refractivity contribution in [2.24, 2.45) is 0 Å². The van der Waals surface area contributed by atoms with Gasteiger partial charge in [0.25, 0.3) is 0 Å². The number of nitrogens with zero attached hydrogens (tertiary/aromatic N) is 4. The summed E-state index contributed by atoms with van der Waals surface area (Å²) in [6, 6.07) is 7.82. The normalized spacial score (nSPS) is 17.1. The zero-order valence-electron chi connectivity index (χ0n) is 11.2. The molecule has 2 heterocycles. The number of rotatable bonds is 2. The van der Waals surface area contributed by atoms with Crippen LogP contribution in [0.2, 0.25) is 0 Å². The maximum Gasteiger partial charge on any atom is 0.146 e. The van der Waals surface area contributed by atoms with E-state index in [9.17, 15) is 5.26 Å². The summed E-state index contributed by atoms with van der Waals surface area (Å²) in [4.78, 5) is 4.58. The summed E-state index contributed by atoms with van der Waals surface area (Å²) in [5.74, 6) is 0.770. The first-order valence-electron chi connectivity index (χ1n) is 6.61. The van der Waals surface area contributed by atoms with Gasteiger partial charge in [-0.2, -0.15) is 5.26 Å². The molecule has 3 rings (SSSR count). The molecule has 104 valence electrons. The lowest BCUT2D eigenvalue weighted by Crippen LogP contribution is -2.44. The summed E-state index contributed by atoms with van der Waals surface area (Å²) in [7, 11) is 0. The maximum atomic E-state index is 9.22. The highest BCUT2D eigenvalue weighted by Crippen LogP contribution is 2.27. The van der Waals surface area contributed by atoms with Crippen molar-refractivity contribution in [2.75, 3.05) is 31.3 Å². The lowest BCUT2D eigenvalue weighted by atomic mass is 10.2. The van der Waals surface area contributed by atoms with Crippen LogP contribution in [0.3, 0.4) is 0 Å². The molecule has 0 bridgehead atoms. The van der Waals surface area contributed by atoms with Crippen molar-refractivity contribution in [3.05, 3.63) is 29.6 Å². The molecule has 0 saturated carbocycles. The molecule has 5 nitrogen and oxygen atoms in total. The van der Waals surface area contributed by atoms with E-state index in [-0.39, 0.29) is 5.38 Å². The largest absolute Gasteiger partial charge is 0.378 e. The fraction of sp³-hybridized carbons (Fsp3) is 0.429. The Morgan fingerprint density at radius 3 is 2.80 bits per heavy atom. The summed E-state index contributed by atoms with van der Waals surface area (Å²) in [5.41, 5.74) is 2.21. The first-order chi connectivity index (χ1) is 9.72. The molecule has 1 unspecified atom stereocenters. The van der Waals surface area contributed by atoms with Gasteiger partial charge in [0, 0.05) is 0 Å². The highest BCUT2D eigenvalue weighted by Gasteiger charge is 2.22. The van der Waals surface area contributed by atoms with Gasteiger partial charge in [0.2, 0.25) is 0 Å². The van der Waals surface area contributed by atoms with Crippen molar-refractivity contribution in [3.63, 3.8) is 0 Å². The number of hydrogen-bond acceptors (Lipinski definition) is 4. The Kier molecular flexibility index (Phi) is 3.51. The minimum absolute atomic E-state index is 0.225. The van der Waals surface area contributed by atoms with Crippen molar-refractivity contribution in [3.8, 4) is 6.07 Å². The molecule has 0 amide bonds. The number of hydrogen-bond donors (Lipinski definition) is 0. The van der Waals surface area contributed by atoms with Crippen LogP contribution in [0.1, 0.15) is 23.7 Å². The van der Waals surface area contributed by atoms with E-state index in [1.165, 1.54) is 0 Å². The van der Waals surface area contributed by atoms with Crippen molar-refractivity contribution in [2.45, 2.75) is 12.3 Å². The van der Waals surface area contributed by atoms with Gasteiger partial charge in [-0.15, -0.1) is 11.6 Å². The van der Waals surface area contributed by atoms with Crippen molar-refractivity contribution in [1.82, 2.24) is 9.66 Å². The number of alkyl halides is 1. The molecule has 20 heavy (non-hydrogen) atoms. The van der Waals surface area contributed by atoms with E-state index in [4.69, 9.17) is 16.3 Å². The minimum Gasteiger partial charge on any atom is -0.378 e. The van der Waals surface area contributed by atoms with Crippen LogP contribution in [-0.2, 0) is 4.74 Å². The van der Waals surface area contributed by atoms with Gasteiger partial charge in [0.15, 0.2) is 0 Å². The standard InChI is InChI=1S/C14H15ClN4O/c1-10(15)14-17-13-11(9-16)3-2-4-12(13)19(14)18-5-7-20-8-6-18/h2-4,10H,5-8H2,1H3. The SMILES string of the molecule is CC(Cl)c1nc2c(C#N)cccc2n1N1CCOCC1. The van der Waals surface area contributed by atoms with E-state index in [1.54, 1.807) is 6.07 Å². The molecule has 0 radical (unpaired) electrons. The van der Waals surface area contributed by atoms with Gasteiger partial charge in [-0.1, -0.05) is 6.07 Å². The molecule has 1 aliphatic rings. The highest BCUT2D eigenvalue weighted by molar-refractivity contribution is 6.20. The number of nitriles is 1. The van der Waals surface area contributed by atoms with Gasteiger partial charge in [0.05, 0.1) is 42.8 Å². The highest BCUT2D eigenvalue weighted by atomic mass is 35.5. The molecule has 1 aromatic carbocycles. The Morgan fingerprint density at radius 2 is 2.15 bits per heavy atom. The summed E-state index contributed by atoms with van der Waals surface area (Å²) >= 11 is 6.27. The van der Waals surface area contributed by atoms with Crippen LogP contribution in [0.4, 0.5) is 0 Å². The average Bonchev–Trinajstić information content (AvgIpc) is 2.87. The second kappa shape index (κ2) is 5.31. The number of halogens is 1. The third-order valence-corrected chi connectivity index (χ3v) is 3.63. The van der Waals surface area contributed by atoms with E-state index in [0.717, 1.165) is 24.4 Å². The van der Waals surface area contributed by atoms with Crippen LogP contribution in [0, 0.1) is 11.3 Å². The Labute approximate surface area is 122 Å². The van der Waals surface area contributed by atoms with Crippen LogP contribution in [-0.4, -0.2) is 36.0 Å². The topological polar surface area (TPSA) is 54.1 Å². The second-order valence-electron chi connectivity index (χ2n) is 4.75. The monoisotopic (exact) mass is 290 g/mol. The first-order valence-corrected chi connectivity index (χ1v) is 7.04. The zero-order valence-corrected chi connectivity index (χ0v) is 12.0. The van der Waals surface area contributed by atoms with Crippen LogP contribution < -0.4 is 5.01 Å². The number of imidazole rings is 1. The van der Waals surface area contributed by atoms with Gasteiger partial charge in [0.1, 0.15) is 17.4 Å². The van der Waals surface area contributed by atoms with E-state index < -0.39 is 0 Å². The number of aromatic nitrogens is 2. The van der Waals surface area contributed by atoms with Gasteiger partial charge in [-0.25, -0.2) is 9.66 Å². The van der Waals surface area contributed by atoms with E-state index in [2.05, 4.69) is 16.1 Å². The molecule has 1 atom stereocenters. The second-order valence-corrected chi connectivity index (χ2v) is 5.40. The first kappa shape index (κ1) is 13.2. The number of ether oxygens (including phenoxy) is 1. The van der Waals surface area contributed by atoms with Crippen LogP contribution in [0.15, 0.2) is 18.2 Å². The molecule has 0 spiro atoms. The maximum absolute atomic E-state index is 9.22. The molecule has 1 fully saturated rings. The number of fused-ring (bicyclic) bond motifs is 1. The molecule has 1 aromatic heterocycles. The number of para-hydroxylation sites is 1. The van der Waals surface area contributed by atoms with E-state index in [0.29, 0.717) is 24.3 Å². The average molecular weight is 291 g/mol. The predicted molar refractivity (Wildman–Crippen MR) is 77.5 cm³/mol. The fourth-order valence-corrected chi connectivity index (χ4v) is 2.64.